The minimum absolute atomic E-state index is 0.120. The van der Waals surface area contributed by atoms with Gasteiger partial charge in [-0.25, -0.2) is 4.98 Å². The van der Waals surface area contributed by atoms with Crippen LogP contribution in [0.5, 0.6) is 0 Å². The molecule has 5 heteroatoms. The van der Waals surface area contributed by atoms with Crippen LogP contribution >= 0.6 is 11.6 Å². The molecule has 0 radical (unpaired) electrons. The fraction of sp³-hybridized carbons (Fsp3) is 0.462. The van der Waals surface area contributed by atoms with Crippen molar-refractivity contribution in [2.24, 2.45) is 0 Å². The largest absolute Gasteiger partial charge is 0.379 e. The number of hydrogen-bond donors (Lipinski definition) is 1. The van der Waals surface area contributed by atoms with Crippen molar-refractivity contribution in [3.05, 3.63) is 23.2 Å². The molecule has 3 rings (SSSR count). The molecule has 0 bridgehead atoms. The number of nitrogens with zero attached hydrogens (tertiary/aromatic N) is 2. The van der Waals surface area contributed by atoms with E-state index in [-0.39, 0.29) is 5.54 Å². The van der Waals surface area contributed by atoms with Crippen molar-refractivity contribution < 1.29 is 4.74 Å². The Bertz CT molecular complexity index is 587. The zero-order valence-electron chi connectivity index (χ0n) is 10.3. The molecule has 18 heavy (non-hydrogen) atoms. The highest BCUT2D eigenvalue weighted by Gasteiger charge is 2.32. The van der Waals surface area contributed by atoms with E-state index in [9.17, 15) is 0 Å². The minimum atomic E-state index is -0.120. The third-order valence-corrected chi connectivity index (χ3v) is 3.83. The number of fused-ring (bicyclic) bond motifs is 1. The maximum absolute atomic E-state index is 6.07. The normalized spacial score (nSPS) is 24.6. The lowest BCUT2D eigenvalue weighted by atomic mass is 9.94. The number of aromatic nitrogens is 2. The van der Waals surface area contributed by atoms with Gasteiger partial charge in [0.05, 0.1) is 23.2 Å². The molecule has 0 amide bonds. The van der Waals surface area contributed by atoms with Crippen LogP contribution in [0.1, 0.15) is 19.8 Å². The van der Waals surface area contributed by atoms with Crippen molar-refractivity contribution in [1.29, 1.82) is 0 Å². The van der Waals surface area contributed by atoms with Gasteiger partial charge in [-0.05, 0) is 38.0 Å². The van der Waals surface area contributed by atoms with Crippen LogP contribution in [-0.4, -0.2) is 22.8 Å². The van der Waals surface area contributed by atoms with Gasteiger partial charge >= 0.3 is 0 Å². The molecule has 1 fully saturated rings. The van der Waals surface area contributed by atoms with E-state index < -0.39 is 0 Å². The molecule has 96 valence electrons. The summed E-state index contributed by atoms with van der Waals surface area (Å²) in [6.45, 7) is 3.66. The number of rotatable bonds is 1. The van der Waals surface area contributed by atoms with Crippen LogP contribution in [0.15, 0.2) is 18.2 Å². The molecule has 1 unspecified atom stereocenters. The summed E-state index contributed by atoms with van der Waals surface area (Å²) in [5.41, 5.74) is 7.81. The van der Waals surface area contributed by atoms with Crippen LogP contribution in [0.4, 0.5) is 5.95 Å². The average Bonchev–Trinajstić information content (AvgIpc) is 2.65. The zero-order valence-corrected chi connectivity index (χ0v) is 11.1. The molecule has 0 spiro atoms. The summed E-state index contributed by atoms with van der Waals surface area (Å²) in [7, 11) is 0. The van der Waals surface area contributed by atoms with E-state index in [0.717, 1.165) is 30.5 Å². The third-order valence-electron chi connectivity index (χ3n) is 3.60. The quantitative estimate of drug-likeness (QED) is 0.863. The van der Waals surface area contributed by atoms with Crippen LogP contribution in [0.2, 0.25) is 5.02 Å². The molecule has 1 saturated heterocycles. The van der Waals surface area contributed by atoms with Gasteiger partial charge in [-0.1, -0.05) is 11.6 Å². The predicted molar refractivity (Wildman–Crippen MR) is 72.9 cm³/mol. The molecule has 1 aliphatic rings. The van der Waals surface area contributed by atoms with Crippen LogP contribution in [0.25, 0.3) is 11.0 Å². The average molecular weight is 266 g/mol. The van der Waals surface area contributed by atoms with Crippen molar-refractivity contribution in [2.75, 3.05) is 18.9 Å². The van der Waals surface area contributed by atoms with Gasteiger partial charge in [0.1, 0.15) is 0 Å². The first kappa shape index (κ1) is 11.8. The molecule has 1 atom stereocenters. The Labute approximate surface area is 111 Å². The van der Waals surface area contributed by atoms with Crippen LogP contribution in [0, 0.1) is 0 Å². The Hall–Kier alpha value is -1.26. The lowest BCUT2D eigenvalue weighted by Gasteiger charge is -2.35. The number of hydrogen-bond acceptors (Lipinski definition) is 3. The molecule has 1 aromatic carbocycles. The number of imidazole rings is 1. The lowest BCUT2D eigenvalue weighted by Crippen LogP contribution is -2.39. The van der Waals surface area contributed by atoms with E-state index in [2.05, 4.69) is 16.5 Å². The number of anilines is 1. The van der Waals surface area contributed by atoms with E-state index in [0.29, 0.717) is 17.6 Å². The van der Waals surface area contributed by atoms with E-state index in [4.69, 9.17) is 22.1 Å². The van der Waals surface area contributed by atoms with Gasteiger partial charge in [0.2, 0.25) is 5.95 Å². The molecule has 2 heterocycles. The lowest BCUT2D eigenvalue weighted by molar-refractivity contribution is 0.0124. The summed E-state index contributed by atoms with van der Waals surface area (Å²) in [5, 5.41) is 0.678. The van der Waals surface area contributed by atoms with Gasteiger partial charge in [0.25, 0.3) is 0 Å². The van der Waals surface area contributed by atoms with Gasteiger partial charge in [-0.2, -0.15) is 0 Å². The molecular weight excluding hydrogens is 250 g/mol. The zero-order chi connectivity index (χ0) is 12.8. The Morgan fingerprint density at radius 1 is 1.50 bits per heavy atom. The number of halogens is 1. The van der Waals surface area contributed by atoms with E-state index in [1.54, 1.807) is 0 Å². The Morgan fingerprint density at radius 2 is 2.33 bits per heavy atom. The fourth-order valence-electron chi connectivity index (χ4n) is 2.74. The van der Waals surface area contributed by atoms with Gasteiger partial charge in [-0.3, -0.25) is 0 Å². The third kappa shape index (κ3) is 1.76. The molecule has 2 N–H and O–H groups in total. The molecule has 2 aromatic rings. The summed E-state index contributed by atoms with van der Waals surface area (Å²) in [6.07, 6.45) is 2.09. The van der Waals surface area contributed by atoms with Crippen molar-refractivity contribution in [3.63, 3.8) is 0 Å². The van der Waals surface area contributed by atoms with Crippen LogP contribution in [-0.2, 0) is 10.3 Å². The maximum atomic E-state index is 6.07. The molecule has 0 aliphatic carbocycles. The summed E-state index contributed by atoms with van der Waals surface area (Å²) in [4.78, 5) is 4.40. The van der Waals surface area contributed by atoms with Crippen LogP contribution < -0.4 is 5.73 Å². The summed E-state index contributed by atoms with van der Waals surface area (Å²) in [6, 6.07) is 5.69. The van der Waals surface area contributed by atoms with Crippen molar-refractivity contribution >= 4 is 28.6 Å². The highest BCUT2D eigenvalue weighted by Crippen LogP contribution is 2.33. The molecule has 4 nitrogen and oxygen atoms in total. The number of nitrogen functional groups attached to an aromatic ring is 1. The second kappa shape index (κ2) is 4.14. The highest BCUT2D eigenvalue weighted by atomic mass is 35.5. The second-order valence-electron chi connectivity index (χ2n) is 5.09. The van der Waals surface area contributed by atoms with Crippen LogP contribution in [0.3, 0.4) is 0 Å². The Balaban J connectivity index is 2.18. The van der Waals surface area contributed by atoms with E-state index in [1.165, 1.54) is 0 Å². The van der Waals surface area contributed by atoms with Crippen molar-refractivity contribution in [1.82, 2.24) is 9.55 Å². The minimum Gasteiger partial charge on any atom is -0.379 e. The number of ether oxygens (including phenoxy) is 1. The number of benzene rings is 1. The predicted octanol–water partition coefficient (Wildman–Crippen LogP) is 2.80. The molecule has 1 aromatic heterocycles. The highest BCUT2D eigenvalue weighted by molar-refractivity contribution is 6.31. The Kier molecular flexibility index (Phi) is 2.72. The molecular formula is C13H16ClN3O. The number of nitrogens with two attached hydrogens (primary N) is 1. The van der Waals surface area contributed by atoms with Crippen molar-refractivity contribution in [3.8, 4) is 0 Å². The monoisotopic (exact) mass is 265 g/mol. The maximum Gasteiger partial charge on any atom is 0.201 e. The topological polar surface area (TPSA) is 53.1 Å². The standard InChI is InChI=1S/C13H16ClN3O/c1-13(5-2-6-18-8-13)17-11-4-3-9(14)7-10(11)16-12(17)15/h3-4,7H,2,5-6,8H2,1H3,(H2,15,16). The van der Waals surface area contributed by atoms with Gasteiger partial charge < -0.3 is 15.0 Å². The fourth-order valence-corrected chi connectivity index (χ4v) is 2.90. The first-order valence-corrected chi connectivity index (χ1v) is 6.50. The van der Waals surface area contributed by atoms with Gasteiger partial charge in [0.15, 0.2) is 0 Å². The smallest absolute Gasteiger partial charge is 0.201 e. The van der Waals surface area contributed by atoms with Crippen molar-refractivity contribution in [2.45, 2.75) is 25.3 Å². The SMILES string of the molecule is CC1(n2c(N)nc3cc(Cl)ccc32)CCCOC1. The summed E-state index contributed by atoms with van der Waals surface area (Å²) < 4.78 is 7.69. The van der Waals surface area contributed by atoms with Gasteiger partial charge in [0, 0.05) is 11.6 Å². The first-order valence-electron chi connectivity index (χ1n) is 6.12. The van der Waals surface area contributed by atoms with E-state index in [1.807, 2.05) is 18.2 Å². The van der Waals surface area contributed by atoms with Gasteiger partial charge in [-0.15, -0.1) is 0 Å². The second-order valence-corrected chi connectivity index (χ2v) is 5.53. The summed E-state index contributed by atoms with van der Waals surface area (Å²) >= 11 is 5.99. The first-order chi connectivity index (χ1) is 8.60. The Morgan fingerprint density at radius 3 is 3.06 bits per heavy atom. The molecule has 1 aliphatic heterocycles. The molecule has 0 saturated carbocycles. The summed E-state index contributed by atoms with van der Waals surface area (Å²) in [5.74, 6) is 0.528. The van der Waals surface area contributed by atoms with E-state index >= 15 is 0 Å².